The van der Waals surface area contributed by atoms with E-state index in [4.69, 9.17) is 10.2 Å². The van der Waals surface area contributed by atoms with E-state index in [2.05, 4.69) is 25.3 Å². The first-order valence-corrected chi connectivity index (χ1v) is 10.7. The van der Waals surface area contributed by atoms with Gasteiger partial charge in [0.15, 0.2) is 17.5 Å². The van der Waals surface area contributed by atoms with Crippen LogP contribution in [0.3, 0.4) is 0 Å². The fraction of sp³-hybridized carbons (Fsp3) is 0.0800. The lowest BCUT2D eigenvalue weighted by molar-refractivity contribution is 0.493. The van der Waals surface area contributed by atoms with Crippen LogP contribution >= 0.6 is 0 Å². The maximum absolute atomic E-state index is 14.1. The smallest absolute Gasteiger partial charge is 0.247 e. The van der Waals surface area contributed by atoms with Gasteiger partial charge in [-0.2, -0.15) is 5.10 Å². The lowest BCUT2D eigenvalue weighted by Crippen LogP contribution is -2.04. The monoisotopic (exact) mass is 469 g/mol. The van der Waals surface area contributed by atoms with Gasteiger partial charge in [0, 0.05) is 34.4 Å². The number of hydrogen-bond donors (Lipinski definition) is 1. The number of aryl methyl sites for hydroxylation is 1. The van der Waals surface area contributed by atoms with Crippen LogP contribution in [-0.2, 0) is 6.54 Å². The first kappa shape index (κ1) is 20.8. The second-order valence-corrected chi connectivity index (χ2v) is 8.08. The zero-order valence-corrected chi connectivity index (χ0v) is 18.4. The second kappa shape index (κ2) is 7.94. The van der Waals surface area contributed by atoms with Crippen molar-refractivity contribution < 1.29 is 13.2 Å². The molecule has 6 aromatic rings. The largest absolute Gasteiger partial charge is 0.421 e. The molecule has 6 rings (SSSR count). The molecular formula is C25H17F2N7O. The molecule has 0 bridgehead atoms. The number of aromatic nitrogens is 6. The molecule has 3 aromatic carbocycles. The van der Waals surface area contributed by atoms with Gasteiger partial charge in [-0.1, -0.05) is 12.1 Å². The molecule has 2 N–H and O–H groups in total. The number of anilines is 1. The van der Waals surface area contributed by atoms with Gasteiger partial charge in [0.1, 0.15) is 5.82 Å². The molecule has 0 radical (unpaired) electrons. The van der Waals surface area contributed by atoms with E-state index in [1.54, 1.807) is 17.8 Å². The average Bonchev–Trinajstić information content (AvgIpc) is 3.47. The van der Waals surface area contributed by atoms with Gasteiger partial charge in [0.05, 0.1) is 23.8 Å². The van der Waals surface area contributed by atoms with Gasteiger partial charge in [-0.3, -0.25) is 4.68 Å². The van der Waals surface area contributed by atoms with Crippen molar-refractivity contribution in [2.45, 2.75) is 13.5 Å². The molecule has 0 saturated heterocycles. The second-order valence-electron chi connectivity index (χ2n) is 8.08. The third-order valence-corrected chi connectivity index (χ3v) is 5.75. The summed E-state index contributed by atoms with van der Waals surface area (Å²) in [5, 5.41) is 13.7. The van der Waals surface area contributed by atoms with Crippen LogP contribution < -0.4 is 5.73 Å². The number of hydrogen-bond acceptors (Lipinski definition) is 7. The van der Waals surface area contributed by atoms with Crippen molar-refractivity contribution in [3.8, 4) is 22.8 Å². The summed E-state index contributed by atoms with van der Waals surface area (Å²) in [6.45, 7) is 1.83. The van der Waals surface area contributed by atoms with E-state index in [9.17, 15) is 8.78 Å². The van der Waals surface area contributed by atoms with Crippen molar-refractivity contribution in [1.29, 1.82) is 0 Å². The molecule has 0 unspecified atom stereocenters. The topological polar surface area (TPSA) is 109 Å². The van der Waals surface area contributed by atoms with Gasteiger partial charge in [0.25, 0.3) is 0 Å². The Labute approximate surface area is 197 Å². The van der Waals surface area contributed by atoms with Crippen molar-refractivity contribution in [3.05, 3.63) is 83.9 Å². The van der Waals surface area contributed by atoms with E-state index in [1.807, 2.05) is 36.4 Å². The summed E-state index contributed by atoms with van der Waals surface area (Å²) in [6, 6.07) is 15.2. The molecule has 0 atom stereocenters. The zero-order chi connectivity index (χ0) is 24.1. The van der Waals surface area contributed by atoms with E-state index >= 15 is 0 Å². The Bertz CT molecular complexity index is 1740. The number of nitrogens with zero attached hydrogens (tertiary/aromatic N) is 6. The van der Waals surface area contributed by atoms with Crippen molar-refractivity contribution in [3.63, 3.8) is 0 Å². The lowest BCUT2D eigenvalue weighted by Gasteiger charge is -2.08. The third kappa shape index (κ3) is 3.65. The Hall–Kier alpha value is -4.73. The highest BCUT2D eigenvalue weighted by Crippen LogP contribution is 2.29. The molecule has 10 heteroatoms. The standard InChI is InChI=1S/C25H17F2N7O/c1-13-32-33-25(35-13)15-5-7-20-18(10-15)23(28)31-24(30-20)14-6-8-21-17(9-14)11-29-34(21)12-16-3-2-4-19(26)22(16)27/h2-11H,12H2,1H3,(H2,28,30,31). The Morgan fingerprint density at radius 2 is 1.83 bits per heavy atom. The van der Waals surface area contributed by atoms with Crippen molar-refractivity contribution in [2.24, 2.45) is 0 Å². The average molecular weight is 469 g/mol. The maximum atomic E-state index is 14.1. The molecule has 3 heterocycles. The summed E-state index contributed by atoms with van der Waals surface area (Å²) in [4.78, 5) is 9.17. The van der Waals surface area contributed by atoms with Crippen LogP contribution in [0.15, 0.2) is 65.2 Å². The predicted molar refractivity (Wildman–Crippen MR) is 126 cm³/mol. The highest BCUT2D eigenvalue weighted by Gasteiger charge is 2.14. The SMILES string of the molecule is Cc1nnc(-c2ccc3nc(-c4ccc5c(cnn5Cc5cccc(F)c5F)c4)nc(N)c3c2)o1. The number of benzene rings is 3. The molecule has 8 nitrogen and oxygen atoms in total. The highest BCUT2D eigenvalue weighted by molar-refractivity contribution is 5.93. The summed E-state index contributed by atoms with van der Waals surface area (Å²) in [5.74, 6) is -0.104. The van der Waals surface area contributed by atoms with Crippen LogP contribution in [0.25, 0.3) is 44.6 Å². The molecule has 35 heavy (non-hydrogen) atoms. The van der Waals surface area contributed by atoms with Crippen LogP contribution in [-0.4, -0.2) is 29.9 Å². The van der Waals surface area contributed by atoms with Gasteiger partial charge in [0.2, 0.25) is 11.8 Å². The highest BCUT2D eigenvalue weighted by atomic mass is 19.2. The fourth-order valence-corrected chi connectivity index (χ4v) is 4.01. The van der Waals surface area contributed by atoms with Crippen LogP contribution in [0, 0.1) is 18.6 Å². The van der Waals surface area contributed by atoms with Gasteiger partial charge in [-0.25, -0.2) is 18.7 Å². The molecule has 0 aliphatic heterocycles. The maximum Gasteiger partial charge on any atom is 0.247 e. The van der Waals surface area contributed by atoms with E-state index in [1.165, 1.54) is 12.1 Å². The Morgan fingerprint density at radius 1 is 0.971 bits per heavy atom. The Kier molecular flexibility index (Phi) is 4.73. The first-order chi connectivity index (χ1) is 17.0. The summed E-state index contributed by atoms with van der Waals surface area (Å²) < 4.78 is 34.8. The summed E-state index contributed by atoms with van der Waals surface area (Å²) in [6.07, 6.45) is 1.67. The van der Waals surface area contributed by atoms with E-state index in [0.29, 0.717) is 34.3 Å². The van der Waals surface area contributed by atoms with Crippen LogP contribution in [0.1, 0.15) is 11.5 Å². The number of fused-ring (bicyclic) bond motifs is 2. The van der Waals surface area contributed by atoms with Crippen molar-refractivity contribution >= 4 is 27.6 Å². The van der Waals surface area contributed by atoms with Gasteiger partial charge < -0.3 is 10.2 Å². The van der Waals surface area contributed by atoms with Crippen molar-refractivity contribution in [2.75, 3.05) is 5.73 Å². The number of nitrogens with two attached hydrogens (primary N) is 1. The number of nitrogen functional groups attached to an aromatic ring is 1. The minimum Gasteiger partial charge on any atom is -0.421 e. The molecule has 3 aromatic heterocycles. The summed E-state index contributed by atoms with van der Waals surface area (Å²) >= 11 is 0. The fourth-order valence-electron chi connectivity index (χ4n) is 4.01. The van der Waals surface area contributed by atoms with Gasteiger partial charge in [-0.05, 0) is 42.5 Å². The molecule has 0 fully saturated rings. The summed E-state index contributed by atoms with van der Waals surface area (Å²) in [5.41, 5.74) is 9.41. The molecule has 0 spiro atoms. The lowest BCUT2D eigenvalue weighted by atomic mass is 10.1. The van der Waals surface area contributed by atoms with E-state index in [0.717, 1.165) is 28.1 Å². The third-order valence-electron chi connectivity index (χ3n) is 5.75. The molecule has 0 saturated carbocycles. The Morgan fingerprint density at radius 3 is 2.66 bits per heavy atom. The normalized spacial score (nSPS) is 11.5. The van der Waals surface area contributed by atoms with Crippen molar-refractivity contribution in [1.82, 2.24) is 29.9 Å². The number of rotatable bonds is 4. The molecule has 0 amide bonds. The zero-order valence-electron chi connectivity index (χ0n) is 18.4. The van der Waals surface area contributed by atoms with E-state index in [-0.39, 0.29) is 12.1 Å². The summed E-state index contributed by atoms with van der Waals surface area (Å²) in [7, 11) is 0. The minimum atomic E-state index is -0.883. The molecule has 0 aliphatic carbocycles. The molecule has 0 aliphatic rings. The van der Waals surface area contributed by atoms with Crippen LogP contribution in [0.5, 0.6) is 0 Å². The van der Waals surface area contributed by atoms with Gasteiger partial charge in [-0.15, -0.1) is 10.2 Å². The predicted octanol–water partition coefficient (Wildman–Crippen LogP) is 4.91. The Balaban J connectivity index is 1.36. The minimum absolute atomic E-state index is 0.105. The molecule has 172 valence electrons. The van der Waals surface area contributed by atoms with Gasteiger partial charge >= 0.3 is 0 Å². The van der Waals surface area contributed by atoms with Crippen LogP contribution in [0.2, 0.25) is 0 Å². The molecular weight excluding hydrogens is 452 g/mol. The van der Waals surface area contributed by atoms with Crippen LogP contribution in [0.4, 0.5) is 14.6 Å². The first-order valence-electron chi connectivity index (χ1n) is 10.7. The quantitative estimate of drug-likeness (QED) is 0.391. The van der Waals surface area contributed by atoms with E-state index < -0.39 is 11.6 Å². The number of halogens is 2.